The third-order valence-electron chi connectivity index (χ3n) is 7.05. The number of nitrogens with one attached hydrogen (secondary N) is 1. The average Bonchev–Trinajstić information content (AvgIpc) is 3.13. The lowest BCUT2D eigenvalue weighted by Crippen LogP contribution is -2.47. The van der Waals surface area contributed by atoms with Gasteiger partial charge in [-0.15, -0.1) is 0 Å². The van der Waals surface area contributed by atoms with E-state index in [9.17, 15) is 44.7 Å². The van der Waals surface area contributed by atoms with E-state index < -0.39 is 76.1 Å². The van der Waals surface area contributed by atoms with Crippen molar-refractivity contribution in [1.82, 2.24) is 4.98 Å². The lowest BCUT2D eigenvalue weighted by atomic mass is 9.77. The number of primary amides is 1. The number of ether oxygens (including phenoxy) is 2. The van der Waals surface area contributed by atoms with Crippen LogP contribution in [0.2, 0.25) is 0 Å². The Morgan fingerprint density at radius 3 is 2.32 bits per heavy atom. The molecule has 3 N–H and O–H groups in total. The van der Waals surface area contributed by atoms with E-state index in [0.717, 1.165) is 39.1 Å². The molecule has 4 atom stereocenters. The summed E-state index contributed by atoms with van der Waals surface area (Å²) in [6.07, 6.45) is -9.74. The second-order valence-electron chi connectivity index (χ2n) is 10.2. The fourth-order valence-electron chi connectivity index (χ4n) is 4.18. The largest absolute Gasteiger partial charge is 0.462 e. The SMILES string of the molecule is C[C@H]1[C@@H](c2ccc(F)c(F)c2O/C=C/C(C)(C)C(F)(F)F)[C@H](C(=O)Nc2ccnc(C(N)=O)c2)O[C@@]1(C)C(F)(F)F. The molecule has 0 spiro atoms. The summed E-state index contributed by atoms with van der Waals surface area (Å²) in [6, 6.07) is 3.70. The summed E-state index contributed by atoms with van der Waals surface area (Å²) in [5, 5.41) is 2.29. The Morgan fingerprint density at radius 2 is 1.76 bits per heavy atom. The maximum absolute atomic E-state index is 14.9. The molecule has 1 aromatic heterocycles. The zero-order valence-corrected chi connectivity index (χ0v) is 22.0. The third kappa shape index (κ3) is 6.14. The van der Waals surface area contributed by atoms with Gasteiger partial charge in [0.05, 0.1) is 11.7 Å². The van der Waals surface area contributed by atoms with Crippen molar-refractivity contribution >= 4 is 17.5 Å². The van der Waals surface area contributed by atoms with Gasteiger partial charge in [-0.2, -0.15) is 30.7 Å². The van der Waals surface area contributed by atoms with Crippen LogP contribution in [0.25, 0.3) is 0 Å². The third-order valence-corrected chi connectivity index (χ3v) is 7.05. The number of allylic oxidation sites excluding steroid dienone is 1. The van der Waals surface area contributed by atoms with Crippen LogP contribution in [0.3, 0.4) is 0 Å². The van der Waals surface area contributed by atoms with E-state index in [0.29, 0.717) is 25.3 Å². The maximum atomic E-state index is 14.9. The summed E-state index contributed by atoms with van der Waals surface area (Å²) in [4.78, 5) is 28.4. The Balaban J connectivity index is 2.10. The number of carbonyl (C=O) groups excluding carboxylic acids is 2. The molecule has 0 radical (unpaired) electrons. The van der Waals surface area contributed by atoms with Gasteiger partial charge in [-0.25, -0.2) is 4.39 Å². The molecule has 0 unspecified atom stereocenters. The van der Waals surface area contributed by atoms with Gasteiger partial charge >= 0.3 is 12.4 Å². The van der Waals surface area contributed by atoms with Gasteiger partial charge in [-0.3, -0.25) is 14.6 Å². The first kappa shape index (κ1) is 31.8. The van der Waals surface area contributed by atoms with Crippen molar-refractivity contribution in [3.05, 3.63) is 65.7 Å². The van der Waals surface area contributed by atoms with Gasteiger partial charge in [-0.1, -0.05) is 13.0 Å². The number of hydrogen-bond acceptors (Lipinski definition) is 5. The summed E-state index contributed by atoms with van der Waals surface area (Å²) in [6.45, 7) is 3.29. The minimum atomic E-state index is -5.05. The van der Waals surface area contributed by atoms with Crippen LogP contribution in [0.4, 0.5) is 40.8 Å². The van der Waals surface area contributed by atoms with Crippen molar-refractivity contribution in [1.29, 1.82) is 0 Å². The zero-order chi connectivity index (χ0) is 31.1. The number of halogens is 8. The van der Waals surface area contributed by atoms with Crippen LogP contribution in [0.1, 0.15) is 49.7 Å². The molecule has 0 bridgehead atoms. The monoisotopic (exact) mass is 595 g/mol. The number of carbonyl (C=O) groups is 2. The molecule has 1 aromatic carbocycles. The number of amides is 2. The molecule has 41 heavy (non-hydrogen) atoms. The van der Waals surface area contributed by atoms with E-state index in [1.807, 2.05) is 0 Å². The minimum Gasteiger partial charge on any atom is -0.462 e. The van der Waals surface area contributed by atoms with E-state index in [1.165, 1.54) is 6.07 Å². The van der Waals surface area contributed by atoms with Crippen molar-refractivity contribution in [3.8, 4) is 5.75 Å². The Morgan fingerprint density at radius 1 is 1.12 bits per heavy atom. The number of rotatable bonds is 7. The number of nitrogens with two attached hydrogens (primary N) is 1. The molecule has 1 aliphatic heterocycles. The van der Waals surface area contributed by atoms with Crippen molar-refractivity contribution in [3.63, 3.8) is 0 Å². The smallest absolute Gasteiger partial charge is 0.417 e. The summed E-state index contributed by atoms with van der Waals surface area (Å²) in [5.74, 6) is -9.63. The summed E-state index contributed by atoms with van der Waals surface area (Å²) in [7, 11) is 0. The van der Waals surface area contributed by atoms with Crippen molar-refractivity contribution < 1.29 is 54.2 Å². The molecular formula is C26H25F8N3O4. The summed E-state index contributed by atoms with van der Waals surface area (Å²) < 4.78 is 122. The Bertz CT molecular complexity index is 1360. The lowest BCUT2D eigenvalue weighted by Gasteiger charge is -2.32. The highest BCUT2D eigenvalue weighted by Crippen LogP contribution is 2.55. The number of aromatic nitrogens is 1. The van der Waals surface area contributed by atoms with E-state index in [1.54, 1.807) is 0 Å². The first-order valence-electron chi connectivity index (χ1n) is 11.9. The van der Waals surface area contributed by atoms with Crippen molar-refractivity contribution in [2.24, 2.45) is 17.1 Å². The fourth-order valence-corrected chi connectivity index (χ4v) is 4.18. The van der Waals surface area contributed by atoms with Gasteiger partial charge in [0.2, 0.25) is 5.82 Å². The van der Waals surface area contributed by atoms with Crippen LogP contribution in [-0.2, 0) is 9.53 Å². The van der Waals surface area contributed by atoms with Gasteiger partial charge in [-0.05, 0) is 45.0 Å². The van der Waals surface area contributed by atoms with Crippen LogP contribution in [0.15, 0.2) is 42.8 Å². The Labute approximate surface area is 228 Å². The second kappa shape index (κ2) is 10.9. The molecular weight excluding hydrogens is 570 g/mol. The second-order valence-corrected chi connectivity index (χ2v) is 10.2. The molecule has 1 aliphatic rings. The van der Waals surface area contributed by atoms with Crippen molar-refractivity contribution in [2.75, 3.05) is 5.32 Å². The first-order valence-corrected chi connectivity index (χ1v) is 11.9. The van der Waals surface area contributed by atoms with Crippen LogP contribution in [0.5, 0.6) is 5.75 Å². The average molecular weight is 595 g/mol. The van der Waals surface area contributed by atoms with Gasteiger partial charge in [0.1, 0.15) is 11.8 Å². The van der Waals surface area contributed by atoms with E-state index in [4.69, 9.17) is 15.2 Å². The number of alkyl halides is 6. The topological polar surface area (TPSA) is 104 Å². The molecule has 224 valence electrons. The molecule has 2 heterocycles. The van der Waals surface area contributed by atoms with E-state index in [-0.39, 0.29) is 11.4 Å². The highest BCUT2D eigenvalue weighted by atomic mass is 19.4. The number of pyridine rings is 1. The normalized spacial score (nSPS) is 23.6. The molecule has 0 aliphatic carbocycles. The van der Waals surface area contributed by atoms with Crippen LogP contribution >= 0.6 is 0 Å². The van der Waals surface area contributed by atoms with Crippen LogP contribution in [-0.4, -0.2) is 40.9 Å². The number of benzene rings is 1. The lowest BCUT2D eigenvalue weighted by molar-refractivity contribution is -0.272. The predicted molar refractivity (Wildman–Crippen MR) is 129 cm³/mol. The van der Waals surface area contributed by atoms with Gasteiger partial charge in [0.25, 0.3) is 11.8 Å². The number of nitrogens with zero attached hydrogens (tertiary/aromatic N) is 1. The van der Waals surface area contributed by atoms with Gasteiger partial charge in [0, 0.05) is 29.3 Å². The van der Waals surface area contributed by atoms with Crippen LogP contribution in [0, 0.1) is 23.0 Å². The molecule has 3 rings (SSSR count). The predicted octanol–water partition coefficient (Wildman–Crippen LogP) is 6.02. The molecule has 15 heteroatoms. The standard InChI is InChI=1S/C26H25F8N3O4/c1-12-17(14-5-6-15(27)18(28)19(14)40-10-8-23(2,3)25(29,30)31)20(41-24(12,4)26(32,33)34)22(39)37-13-7-9-36-16(11-13)21(35)38/h5-12,17,20H,1-4H3,(H2,35,38)(H,36,37,39)/b10-8+/t12-,17-,20+,24+/m0/s1. The fraction of sp³-hybridized carbons (Fsp3) is 0.423. The quantitative estimate of drug-likeness (QED) is 0.301. The zero-order valence-electron chi connectivity index (χ0n) is 22.0. The molecule has 1 saturated heterocycles. The Hall–Kier alpha value is -3.75. The maximum Gasteiger partial charge on any atom is 0.417 e. The number of hydrogen-bond donors (Lipinski definition) is 2. The molecule has 1 fully saturated rings. The highest BCUT2D eigenvalue weighted by molar-refractivity contribution is 5.97. The molecule has 0 saturated carbocycles. The molecule has 7 nitrogen and oxygen atoms in total. The van der Waals surface area contributed by atoms with E-state index >= 15 is 0 Å². The van der Waals surface area contributed by atoms with Crippen molar-refractivity contribution in [2.45, 2.75) is 57.7 Å². The minimum absolute atomic E-state index is 0.0894. The van der Waals surface area contributed by atoms with Gasteiger partial charge < -0.3 is 20.5 Å². The summed E-state index contributed by atoms with van der Waals surface area (Å²) in [5.41, 5.74) is -1.12. The first-order chi connectivity index (χ1) is 18.7. The summed E-state index contributed by atoms with van der Waals surface area (Å²) >= 11 is 0. The Kier molecular flexibility index (Phi) is 8.46. The highest BCUT2D eigenvalue weighted by Gasteiger charge is 2.66. The van der Waals surface area contributed by atoms with E-state index in [2.05, 4.69) is 10.3 Å². The van der Waals surface area contributed by atoms with Gasteiger partial charge in [0.15, 0.2) is 17.2 Å². The molecule has 2 amide bonds. The molecule has 2 aromatic rings. The van der Waals surface area contributed by atoms with Crippen LogP contribution < -0.4 is 15.8 Å². The number of anilines is 1.